The van der Waals surface area contributed by atoms with E-state index in [-0.39, 0.29) is 37.2 Å². The van der Waals surface area contributed by atoms with Gasteiger partial charge in [-0.05, 0) is 25.3 Å². The number of halogens is 3. The van der Waals surface area contributed by atoms with Crippen LogP contribution in [0.1, 0.15) is 36.7 Å². The molecule has 34 heavy (non-hydrogen) atoms. The number of nitrogens with one attached hydrogen (secondary N) is 2. The fraction of sp³-hybridized carbons (Fsp3) is 0.476. The number of fused-ring (bicyclic) bond motifs is 1. The number of carbonyl (C=O) groups excluding carboxylic acids is 3. The Hall–Kier alpha value is -3.64. The van der Waals surface area contributed by atoms with E-state index in [2.05, 4.69) is 20.7 Å². The fourth-order valence-electron chi connectivity index (χ4n) is 3.60. The van der Waals surface area contributed by atoms with Gasteiger partial charge in [0.05, 0.1) is 5.39 Å². The zero-order valence-corrected chi connectivity index (χ0v) is 18.4. The third kappa shape index (κ3) is 6.02. The molecule has 1 fully saturated rings. The summed E-state index contributed by atoms with van der Waals surface area (Å²) >= 11 is 0. The molecule has 1 aliphatic rings. The number of piperidine rings is 1. The van der Waals surface area contributed by atoms with Crippen LogP contribution in [0.4, 0.5) is 18.0 Å². The van der Waals surface area contributed by atoms with E-state index in [0.29, 0.717) is 23.7 Å². The smallest absolute Gasteiger partial charge is 0.422 e. The van der Waals surface area contributed by atoms with Crippen molar-refractivity contribution in [3.63, 3.8) is 0 Å². The van der Waals surface area contributed by atoms with Crippen molar-refractivity contribution in [2.24, 2.45) is 5.92 Å². The molecular weight excluding hydrogens is 459 g/mol. The minimum atomic E-state index is -4.62. The molecule has 0 spiro atoms. The highest BCUT2D eigenvalue weighted by Gasteiger charge is 2.33. The minimum Gasteiger partial charge on any atom is -0.440 e. The highest BCUT2D eigenvalue weighted by molar-refractivity contribution is 6.05. The summed E-state index contributed by atoms with van der Waals surface area (Å²) in [7, 11) is 0. The number of ether oxygens (including phenoxy) is 1. The predicted octanol–water partition coefficient (Wildman–Crippen LogP) is 1.98. The van der Waals surface area contributed by atoms with Crippen LogP contribution in [-0.4, -0.2) is 58.5 Å². The quantitative estimate of drug-likeness (QED) is 0.627. The van der Waals surface area contributed by atoms with E-state index in [1.54, 1.807) is 24.3 Å². The lowest BCUT2D eigenvalue weighted by Gasteiger charge is -2.30. The van der Waals surface area contributed by atoms with Crippen LogP contribution in [0.25, 0.3) is 10.8 Å². The maximum Gasteiger partial charge on any atom is 0.422 e. The van der Waals surface area contributed by atoms with Gasteiger partial charge in [-0.15, -0.1) is 0 Å². The fourth-order valence-corrected chi connectivity index (χ4v) is 3.60. The van der Waals surface area contributed by atoms with Crippen molar-refractivity contribution >= 4 is 28.7 Å². The van der Waals surface area contributed by atoms with E-state index in [1.807, 2.05) is 6.92 Å². The first-order valence-electron chi connectivity index (χ1n) is 10.7. The van der Waals surface area contributed by atoms with Crippen molar-refractivity contribution in [1.29, 1.82) is 0 Å². The number of likely N-dealkylation sites (tertiary alicyclic amines) is 1. The number of aromatic nitrogens is 2. The molecule has 2 N–H and O–H groups in total. The van der Waals surface area contributed by atoms with Crippen molar-refractivity contribution in [1.82, 2.24) is 25.5 Å². The van der Waals surface area contributed by atoms with Crippen LogP contribution >= 0.6 is 0 Å². The lowest BCUT2D eigenvalue weighted by Crippen LogP contribution is -2.48. The van der Waals surface area contributed by atoms with Crippen LogP contribution in [0.5, 0.6) is 0 Å². The number of hydrogen-bond donors (Lipinski definition) is 2. The van der Waals surface area contributed by atoms with Gasteiger partial charge in [0.15, 0.2) is 12.3 Å². The summed E-state index contributed by atoms with van der Waals surface area (Å²) in [5.41, 5.74) is 4.28. The van der Waals surface area contributed by atoms with Crippen molar-refractivity contribution in [3.8, 4) is 0 Å². The Morgan fingerprint density at radius 2 is 1.76 bits per heavy atom. The van der Waals surface area contributed by atoms with Crippen LogP contribution in [0.2, 0.25) is 0 Å². The Kier molecular flexibility index (Phi) is 7.74. The lowest BCUT2D eigenvalue weighted by molar-refractivity contribution is -0.162. The highest BCUT2D eigenvalue weighted by atomic mass is 19.4. The van der Waals surface area contributed by atoms with Gasteiger partial charge in [0.2, 0.25) is 5.91 Å². The molecule has 2 aromatic rings. The molecule has 0 atom stereocenters. The molecule has 1 saturated heterocycles. The summed E-state index contributed by atoms with van der Waals surface area (Å²) in [6.07, 6.45) is -4.71. The topological polar surface area (TPSA) is 123 Å². The maximum absolute atomic E-state index is 12.7. The number of hydrogen-bond acceptors (Lipinski definition) is 6. The largest absolute Gasteiger partial charge is 0.440 e. The van der Waals surface area contributed by atoms with Crippen LogP contribution in [0.15, 0.2) is 29.1 Å². The molecule has 1 aliphatic heterocycles. The molecule has 3 rings (SSSR count). The van der Waals surface area contributed by atoms with Gasteiger partial charge in [0.25, 0.3) is 11.5 Å². The second-order valence-corrected chi connectivity index (χ2v) is 7.80. The Labute approximate surface area is 192 Å². The molecule has 1 aromatic carbocycles. The molecule has 1 aromatic heterocycles. The van der Waals surface area contributed by atoms with Crippen molar-refractivity contribution in [3.05, 3.63) is 40.3 Å². The molecule has 2 heterocycles. The monoisotopic (exact) mass is 483 g/mol. The van der Waals surface area contributed by atoms with Crippen molar-refractivity contribution in [2.45, 2.75) is 38.9 Å². The lowest BCUT2D eigenvalue weighted by atomic mass is 9.96. The zero-order chi connectivity index (χ0) is 24.9. The predicted molar refractivity (Wildman–Crippen MR) is 114 cm³/mol. The number of rotatable bonds is 5. The first-order chi connectivity index (χ1) is 16.1. The maximum atomic E-state index is 12.7. The SMILES string of the molecule is CCCn1nc(C(=O)NNC(=O)C2CCN(C(=O)OCC(F)(F)F)CC2)c2ccccc2c1=O. The summed E-state index contributed by atoms with van der Waals surface area (Å²) in [6, 6.07) is 6.52. The molecule has 0 aliphatic carbocycles. The summed E-state index contributed by atoms with van der Waals surface area (Å²) in [4.78, 5) is 50.6. The van der Waals surface area contributed by atoms with Crippen LogP contribution in [0, 0.1) is 5.92 Å². The standard InChI is InChI=1S/C21H24F3N5O5/c1-2-9-29-19(32)15-6-4-3-5-14(15)16(27-29)18(31)26-25-17(30)13-7-10-28(11-8-13)20(33)34-12-21(22,23)24/h3-6,13H,2,7-12H2,1H3,(H,25,30)(H,26,31). The minimum absolute atomic E-state index is 0.0221. The zero-order valence-electron chi connectivity index (χ0n) is 18.4. The average Bonchev–Trinajstić information content (AvgIpc) is 2.82. The van der Waals surface area contributed by atoms with E-state index in [0.717, 1.165) is 4.90 Å². The first-order valence-corrected chi connectivity index (χ1v) is 10.7. The molecule has 0 radical (unpaired) electrons. The molecule has 13 heteroatoms. The number of benzene rings is 1. The Morgan fingerprint density at radius 3 is 2.38 bits per heavy atom. The second kappa shape index (κ2) is 10.5. The van der Waals surface area contributed by atoms with Crippen molar-refractivity contribution in [2.75, 3.05) is 19.7 Å². The van der Waals surface area contributed by atoms with E-state index in [9.17, 15) is 32.3 Å². The molecular formula is C21H24F3N5O5. The van der Waals surface area contributed by atoms with Gasteiger partial charge < -0.3 is 9.64 Å². The van der Waals surface area contributed by atoms with Gasteiger partial charge in [-0.3, -0.25) is 25.2 Å². The van der Waals surface area contributed by atoms with Gasteiger partial charge in [-0.2, -0.15) is 18.3 Å². The van der Waals surface area contributed by atoms with Gasteiger partial charge >= 0.3 is 12.3 Å². The van der Waals surface area contributed by atoms with E-state index in [1.165, 1.54) is 4.68 Å². The van der Waals surface area contributed by atoms with Gasteiger partial charge in [0, 0.05) is 30.9 Å². The molecule has 10 nitrogen and oxygen atoms in total. The van der Waals surface area contributed by atoms with Crippen LogP contribution in [-0.2, 0) is 16.1 Å². The van der Waals surface area contributed by atoms with Crippen molar-refractivity contribution < 1.29 is 32.3 Å². The molecule has 184 valence electrons. The summed E-state index contributed by atoms with van der Waals surface area (Å²) in [5, 5.41) is 4.82. The van der Waals surface area contributed by atoms with Gasteiger partial charge in [0.1, 0.15) is 0 Å². The first kappa shape index (κ1) is 25.0. The van der Waals surface area contributed by atoms with Gasteiger partial charge in [-0.1, -0.05) is 25.1 Å². The summed E-state index contributed by atoms with van der Waals surface area (Å²) < 4.78 is 42.0. The third-order valence-corrected chi connectivity index (χ3v) is 5.30. The van der Waals surface area contributed by atoms with Crippen LogP contribution in [0.3, 0.4) is 0 Å². The number of hydrazine groups is 1. The normalized spacial score (nSPS) is 14.6. The van der Waals surface area contributed by atoms with E-state index in [4.69, 9.17) is 0 Å². The summed E-state index contributed by atoms with van der Waals surface area (Å²) in [5.74, 6) is -1.78. The number of amides is 3. The number of aryl methyl sites for hydroxylation is 1. The van der Waals surface area contributed by atoms with E-state index >= 15 is 0 Å². The number of nitrogens with zero attached hydrogens (tertiary/aromatic N) is 3. The molecule has 0 unspecified atom stereocenters. The number of alkyl halides is 3. The molecule has 3 amide bonds. The molecule has 0 saturated carbocycles. The Bertz CT molecular complexity index is 1130. The second-order valence-electron chi connectivity index (χ2n) is 7.80. The molecule has 0 bridgehead atoms. The third-order valence-electron chi connectivity index (χ3n) is 5.30. The Balaban J connectivity index is 1.58. The van der Waals surface area contributed by atoms with Gasteiger partial charge in [-0.25, -0.2) is 9.48 Å². The number of carbonyl (C=O) groups is 3. The average molecular weight is 483 g/mol. The van der Waals surface area contributed by atoms with Crippen LogP contribution < -0.4 is 16.4 Å². The summed E-state index contributed by atoms with van der Waals surface area (Å²) in [6.45, 7) is 0.589. The Morgan fingerprint density at radius 1 is 1.12 bits per heavy atom. The highest BCUT2D eigenvalue weighted by Crippen LogP contribution is 2.20. The van der Waals surface area contributed by atoms with E-state index < -0.39 is 36.6 Å².